The molecule has 0 saturated carbocycles. The van der Waals surface area contributed by atoms with Crippen LogP contribution < -0.4 is 0 Å². The summed E-state index contributed by atoms with van der Waals surface area (Å²) in [6, 6.07) is 0. The average molecular weight is 212 g/mol. The highest BCUT2D eigenvalue weighted by molar-refractivity contribution is 5.83. The van der Waals surface area contributed by atoms with Gasteiger partial charge in [-0.05, 0) is 6.92 Å². The van der Waals surface area contributed by atoms with E-state index in [1.165, 1.54) is 4.80 Å². The zero-order chi connectivity index (χ0) is 11.7. The molecule has 5 heteroatoms. The summed E-state index contributed by atoms with van der Waals surface area (Å²) in [5.74, 6) is 0.766. The van der Waals surface area contributed by atoms with Crippen molar-refractivity contribution in [2.24, 2.45) is 5.16 Å². The molecule has 2 heterocycles. The molecule has 15 heavy (non-hydrogen) atoms. The van der Waals surface area contributed by atoms with Crippen molar-refractivity contribution in [1.29, 1.82) is 0 Å². The van der Waals surface area contributed by atoms with Crippen LogP contribution in [0.4, 0.5) is 0 Å². The summed E-state index contributed by atoms with van der Waals surface area (Å²) in [6.45, 7) is 9.96. The first-order valence-corrected chi connectivity index (χ1v) is 5.45. The van der Waals surface area contributed by atoms with Crippen molar-refractivity contribution in [2.75, 3.05) is 0 Å². The predicted octanol–water partition coefficient (Wildman–Crippen LogP) is 2.30. The van der Waals surface area contributed by atoms with Crippen molar-refractivity contribution in [1.82, 2.24) is 15.0 Å². The van der Waals surface area contributed by atoms with Gasteiger partial charge in [0, 0.05) is 0 Å². The van der Waals surface area contributed by atoms with E-state index in [0.29, 0.717) is 0 Å². The number of rotatable bonds is 0. The first-order valence-electron chi connectivity index (χ1n) is 5.45. The van der Waals surface area contributed by atoms with E-state index in [1.54, 1.807) is 12.4 Å². The third kappa shape index (κ3) is 4.10. The first kappa shape index (κ1) is 13.6. The molecule has 0 spiro atoms. The van der Waals surface area contributed by atoms with Crippen LogP contribution in [0.5, 0.6) is 0 Å². The second-order valence-corrected chi connectivity index (χ2v) is 2.45. The van der Waals surface area contributed by atoms with Crippen molar-refractivity contribution < 1.29 is 4.84 Å². The van der Waals surface area contributed by atoms with E-state index in [4.69, 9.17) is 4.84 Å². The molecule has 1 atom stereocenters. The van der Waals surface area contributed by atoms with E-state index >= 15 is 0 Å². The van der Waals surface area contributed by atoms with Gasteiger partial charge in [-0.1, -0.05) is 32.9 Å². The molecule has 2 rings (SSSR count). The molecule has 5 nitrogen and oxygen atoms in total. The predicted molar refractivity (Wildman–Crippen MR) is 60.7 cm³/mol. The number of hydrogen-bond donors (Lipinski definition) is 0. The normalized spacial score (nSPS) is 17.7. The third-order valence-electron chi connectivity index (χ3n) is 1.46. The van der Waals surface area contributed by atoms with Gasteiger partial charge in [0.2, 0.25) is 0 Å². The summed E-state index contributed by atoms with van der Waals surface area (Å²) in [5, 5.41) is 11.7. The van der Waals surface area contributed by atoms with Crippen molar-refractivity contribution in [3.05, 3.63) is 12.4 Å². The maximum Gasteiger partial charge on any atom is 0.193 e. The summed E-state index contributed by atoms with van der Waals surface area (Å²) < 4.78 is 0. The fraction of sp³-hybridized carbons (Fsp3) is 0.700. The Morgan fingerprint density at radius 2 is 1.73 bits per heavy atom. The van der Waals surface area contributed by atoms with E-state index < -0.39 is 0 Å². The van der Waals surface area contributed by atoms with Crippen LogP contribution in [0.15, 0.2) is 17.5 Å². The molecule has 0 fully saturated rings. The number of nitrogens with zero attached hydrogens (tertiary/aromatic N) is 4. The summed E-state index contributed by atoms with van der Waals surface area (Å²) in [7, 11) is 0. The summed E-state index contributed by atoms with van der Waals surface area (Å²) in [6.07, 6.45) is 4.15. The molecule has 0 amide bonds. The Kier molecular flexibility index (Phi) is 7.23. The molecule has 1 aliphatic heterocycles. The monoisotopic (exact) mass is 212 g/mol. The molecule has 0 aromatic carbocycles. The van der Waals surface area contributed by atoms with Crippen LogP contribution in [0, 0.1) is 0 Å². The zero-order valence-corrected chi connectivity index (χ0v) is 10.1. The van der Waals surface area contributed by atoms with Gasteiger partial charge in [0.15, 0.2) is 5.84 Å². The number of aromatic nitrogens is 3. The van der Waals surface area contributed by atoms with Crippen LogP contribution >= 0.6 is 0 Å². The SMILES string of the molecule is CC.CC.CC1CC(n2nccn2)=NO1. The molecule has 1 unspecified atom stereocenters. The third-order valence-corrected chi connectivity index (χ3v) is 1.46. The number of oxime groups is 1. The van der Waals surface area contributed by atoms with Crippen LogP contribution in [0.2, 0.25) is 0 Å². The molecule has 0 N–H and O–H groups in total. The standard InChI is InChI=1S/C6H8N4O.2C2H6/c1-5-4-6(9-11-5)10-7-2-3-8-10;2*1-2/h2-3,5H,4H2,1H3;2*1-2H3. The molecular weight excluding hydrogens is 192 g/mol. The smallest absolute Gasteiger partial charge is 0.193 e. The molecule has 1 aromatic heterocycles. The van der Waals surface area contributed by atoms with Crippen molar-refractivity contribution in [3.8, 4) is 0 Å². The highest BCUT2D eigenvalue weighted by atomic mass is 16.6. The Hall–Kier alpha value is -1.39. The summed E-state index contributed by atoms with van der Waals surface area (Å²) >= 11 is 0. The lowest BCUT2D eigenvalue weighted by atomic mass is 10.3. The van der Waals surface area contributed by atoms with Crippen molar-refractivity contribution in [3.63, 3.8) is 0 Å². The minimum absolute atomic E-state index is 0.149. The van der Waals surface area contributed by atoms with Crippen LogP contribution in [-0.2, 0) is 4.84 Å². The van der Waals surface area contributed by atoms with E-state index in [9.17, 15) is 0 Å². The minimum Gasteiger partial charge on any atom is -0.391 e. The van der Waals surface area contributed by atoms with Crippen molar-refractivity contribution >= 4 is 5.84 Å². The van der Waals surface area contributed by atoms with Gasteiger partial charge in [-0.3, -0.25) is 0 Å². The van der Waals surface area contributed by atoms with Gasteiger partial charge in [-0.2, -0.15) is 10.2 Å². The first-order chi connectivity index (χ1) is 7.36. The van der Waals surface area contributed by atoms with Crippen LogP contribution in [0.25, 0.3) is 0 Å². The van der Waals surface area contributed by atoms with Crippen molar-refractivity contribution in [2.45, 2.75) is 47.1 Å². The van der Waals surface area contributed by atoms with E-state index in [1.807, 2.05) is 34.6 Å². The molecule has 0 saturated heterocycles. The van der Waals surface area contributed by atoms with Gasteiger partial charge >= 0.3 is 0 Å². The van der Waals surface area contributed by atoms with Gasteiger partial charge in [0.25, 0.3) is 0 Å². The molecule has 0 radical (unpaired) electrons. The summed E-state index contributed by atoms with van der Waals surface area (Å²) in [4.78, 5) is 6.45. The van der Waals surface area contributed by atoms with E-state index in [0.717, 1.165) is 12.3 Å². The van der Waals surface area contributed by atoms with Gasteiger partial charge in [-0.25, -0.2) is 0 Å². The lowest BCUT2D eigenvalue weighted by molar-refractivity contribution is 0.0994. The lowest BCUT2D eigenvalue weighted by Gasteiger charge is -1.95. The number of hydrogen-bond acceptors (Lipinski definition) is 4. The largest absolute Gasteiger partial charge is 0.391 e. The Labute approximate surface area is 91.1 Å². The molecular formula is C10H20N4O. The minimum atomic E-state index is 0.149. The molecule has 1 aliphatic rings. The second-order valence-electron chi connectivity index (χ2n) is 2.45. The maximum atomic E-state index is 4.98. The van der Waals surface area contributed by atoms with Gasteiger partial charge in [0.1, 0.15) is 6.10 Å². The van der Waals surface area contributed by atoms with Gasteiger partial charge in [0.05, 0.1) is 18.8 Å². The van der Waals surface area contributed by atoms with Gasteiger partial charge < -0.3 is 4.84 Å². The highest BCUT2D eigenvalue weighted by Crippen LogP contribution is 2.08. The van der Waals surface area contributed by atoms with Crippen LogP contribution in [0.3, 0.4) is 0 Å². The second kappa shape index (κ2) is 7.96. The fourth-order valence-electron chi connectivity index (χ4n) is 0.950. The Bertz CT molecular complexity index is 269. The average Bonchev–Trinajstić information content (AvgIpc) is 2.94. The van der Waals surface area contributed by atoms with Crippen LogP contribution in [-0.4, -0.2) is 26.9 Å². The van der Waals surface area contributed by atoms with Gasteiger partial charge in [-0.15, -0.1) is 4.80 Å². The molecule has 1 aromatic rings. The Morgan fingerprint density at radius 3 is 2.13 bits per heavy atom. The lowest BCUT2D eigenvalue weighted by Crippen LogP contribution is -2.14. The zero-order valence-electron chi connectivity index (χ0n) is 10.1. The molecule has 86 valence electrons. The van der Waals surface area contributed by atoms with Crippen LogP contribution in [0.1, 0.15) is 41.0 Å². The molecule has 0 aliphatic carbocycles. The van der Waals surface area contributed by atoms with E-state index in [-0.39, 0.29) is 6.10 Å². The summed E-state index contributed by atoms with van der Waals surface area (Å²) in [5.41, 5.74) is 0. The quantitative estimate of drug-likeness (QED) is 0.663. The molecule has 0 bridgehead atoms. The van der Waals surface area contributed by atoms with E-state index in [2.05, 4.69) is 15.4 Å². The highest BCUT2D eigenvalue weighted by Gasteiger charge is 2.18. The maximum absolute atomic E-state index is 4.98. The Balaban J connectivity index is 0.000000442. The topological polar surface area (TPSA) is 52.3 Å². The Morgan fingerprint density at radius 1 is 1.20 bits per heavy atom. The fourth-order valence-corrected chi connectivity index (χ4v) is 0.950.